The smallest absolute Gasteiger partial charge is 0.285 e. The van der Waals surface area contributed by atoms with Crippen LogP contribution in [0.15, 0.2) is 15.6 Å². The van der Waals surface area contributed by atoms with E-state index in [1.165, 1.54) is 6.26 Å². The van der Waals surface area contributed by atoms with Crippen LogP contribution in [0.25, 0.3) is 0 Å². The van der Waals surface area contributed by atoms with Crippen molar-refractivity contribution in [2.45, 2.75) is 6.61 Å². The molecule has 0 aliphatic heterocycles. The van der Waals surface area contributed by atoms with Crippen LogP contribution in [0, 0.1) is 0 Å². The minimum Gasteiger partial charge on any atom is -0.391 e. The van der Waals surface area contributed by atoms with E-state index in [4.69, 9.17) is 5.11 Å². The van der Waals surface area contributed by atoms with E-state index in [1.807, 2.05) is 5.16 Å². The molecular weight excluding hydrogens is 110 g/mol. The SMILES string of the molecule is O=c1[nH]occ1CO. The highest BCUT2D eigenvalue weighted by Gasteiger charge is 1.96. The first-order chi connectivity index (χ1) is 3.84. The molecule has 1 aromatic rings. The van der Waals surface area contributed by atoms with Crippen molar-refractivity contribution in [1.29, 1.82) is 0 Å². The lowest BCUT2D eigenvalue weighted by Gasteiger charge is -1.74. The minimum absolute atomic E-state index is 0.255. The summed E-state index contributed by atoms with van der Waals surface area (Å²) in [5.41, 5.74) is -0.113. The Kier molecular flexibility index (Phi) is 1.17. The molecule has 0 fully saturated rings. The molecule has 0 atom stereocenters. The first-order valence-electron chi connectivity index (χ1n) is 2.10. The number of nitrogens with one attached hydrogen (secondary N) is 1. The monoisotopic (exact) mass is 115 g/mol. The van der Waals surface area contributed by atoms with E-state index < -0.39 is 0 Å². The summed E-state index contributed by atoms with van der Waals surface area (Å²) >= 11 is 0. The third-order valence-electron chi connectivity index (χ3n) is 0.815. The second-order valence-electron chi connectivity index (χ2n) is 1.35. The summed E-state index contributed by atoms with van der Waals surface area (Å²) in [6.07, 6.45) is 1.18. The maximum absolute atomic E-state index is 10.3. The quantitative estimate of drug-likeness (QED) is 0.516. The van der Waals surface area contributed by atoms with Crippen molar-refractivity contribution in [1.82, 2.24) is 5.16 Å². The molecule has 0 bridgehead atoms. The highest BCUT2D eigenvalue weighted by Crippen LogP contribution is 1.85. The van der Waals surface area contributed by atoms with Crippen molar-refractivity contribution >= 4 is 0 Å². The predicted octanol–water partition coefficient (Wildman–Crippen LogP) is -0.540. The standard InChI is InChI=1S/C4H5NO3/c6-1-3-2-8-5-4(3)7/h2,6H,1H2,(H,5,7). The second-order valence-corrected chi connectivity index (χ2v) is 1.35. The molecule has 4 heteroatoms. The highest BCUT2D eigenvalue weighted by molar-refractivity contribution is 4.97. The van der Waals surface area contributed by atoms with Crippen LogP contribution >= 0.6 is 0 Å². The molecule has 44 valence electrons. The third kappa shape index (κ3) is 0.651. The molecule has 0 spiro atoms. The van der Waals surface area contributed by atoms with Crippen LogP contribution in [0.3, 0.4) is 0 Å². The fourth-order valence-corrected chi connectivity index (χ4v) is 0.382. The Hall–Kier alpha value is -1.03. The number of H-pyrrole nitrogens is 1. The molecule has 4 nitrogen and oxygen atoms in total. The Balaban J connectivity index is 3.11. The lowest BCUT2D eigenvalue weighted by atomic mass is 10.4. The van der Waals surface area contributed by atoms with Gasteiger partial charge in [0.1, 0.15) is 6.26 Å². The fourth-order valence-electron chi connectivity index (χ4n) is 0.382. The van der Waals surface area contributed by atoms with Gasteiger partial charge in [0, 0.05) is 0 Å². The lowest BCUT2D eigenvalue weighted by Crippen LogP contribution is -2.03. The van der Waals surface area contributed by atoms with Crippen LogP contribution in [0.5, 0.6) is 0 Å². The number of aromatic amines is 1. The summed E-state index contributed by atoms with van der Waals surface area (Å²) in [5.74, 6) is 0. The Morgan fingerprint density at radius 3 is 2.88 bits per heavy atom. The highest BCUT2D eigenvalue weighted by atomic mass is 16.5. The predicted molar refractivity (Wildman–Crippen MR) is 25.3 cm³/mol. The number of aliphatic hydroxyl groups is 1. The van der Waals surface area contributed by atoms with Crippen LogP contribution in [0.1, 0.15) is 5.56 Å². The van der Waals surface area contributed by atoms with E-state index in [0.29, 0.717) is 0 Å². The number of aromatic nitrogens is 1. The van der Waals surface area contributed by atoms with E-state index in [0.717, 1.165) is 0 Å². The van der Waals surface area contributed by atoms with Crippen molar-refractivity contribution in [2.75, 3.05) is 0 Å². The molecule has 0 radical (unpaired) electrons. The molecule has 0 saturated heterocycles. The van der Waals surface area contributed by atoms with Gasteiger partial charge < -0.3 is 9.63 Å². The van der Waals surface area contributed by atoms with Gasteiger partial charge in [-0.3, -0.25) is 4.79 Å². The van der Waals surface area contributed by atoms with Gasteiger partial charge in [0.15, 0.2) is 0 Å². The Bertz CT molecular complexity index is 211. The normalized spacial score (nSPS) is 9.62. The molecule has 1 heterocycles. The summed E-state index contributed by atoms with van der Waals surface area (Å²) in [5, 5.41) is 10.4. The van der Waals surface area contributed by atoms with Crippen molar-refractivity contribution in [3.8, 4) is 0 Å². The van der Waals surface area contributed by atoms with Crippen LogP contribution in [-0.2, 0) is 6.61 Å². The van der Waals surface area contributed by atoms with Crippen LogP contribution in [0.2, 0.25) is 0 Å². The van der Waals surface area contributed by atoms with Crippen molar-refractivity contribution in [2.24, 2.45) is 0 Å². The van der Waals surface area contributed by atoms with Crippen molar-refractivity contribution in [3.63, 3.8) is 0 Å². The molecule has 1 aromatic heterocycles. The van der Waals surface area contributed by atoms with E-state index in [1.54, 1.807) is 0 Å². The number of rotatable bonds is 1. The van der Waals surface area contributed by atoms with E-state index >= 15 is 0 Å². The van der Waals surface area contributed by atoms with E-state index in [2.05, 4.69) is 4.52 Å². The topological polar surface area (TPSA) is 66.2 Å². The second kappa shape index (κ2) is 1.83. The Labute approximate surface area is 44.7 Å². The molecule has 0 saturated carbocycles. The Morgan fingerprint density at radius 2 is 2.62 bits per heavy atom. The molecule has 0 aromatic carbocycles. The van der Waals surface area contributed by atoms with Gasteiger partial charge in [-0.15, -0.1) is 0 Å². The van der Waals surface area contributed by atoms with E-state index in [-0.39, 0.29) is 17.7 Å². The third-order valence-corrected chi connectivity index (χ3v) is 0.815. The van der Waals surface area contributed by atoms with E-state index in [9.17, 15) is 4.79 Å². The average Bonchev–Trinajstić information content (AvgIpc) is 2.14. The van der Waals surface area contributed by atoms with Gasteiger partial charge in [-0.05, 0) is 0 Å². The van der Waals surface area contributed by atoms with Crippen LogP contribution in [0.4, 0.5) is 0 Å². The van der Waals surface area contributed by atoms with Crippen molar-refractivity contribution < 1.29 is 9.63 Å². The van der Waals surface area contributed by atoms with Crippen LogP contribution < -0.4 is 5.56 Å². The fraction of sp³-hybridized carbons (Fsp3) is 0.250. The summed E-state index contributed by atoms with van der Waals surface area (Å²) in [7, 11) is 0. The summed E-state index contributed by atoms with van der Waals surface area (Å²) < 4.78 is 4.34. The molecule has 8 heavy (non-hydrogen) atoms. The molecule has 2 N–H and O–H groups in total. The lowest BCUT2D eigenvalue weighted by molar-refractivity contribution is 0.279. The van der Waals surface area contributed by atoms with Gasteiger partial charge >= 0.3 is 0 Å². The molecule has 0 aliphatic rings. The van der Waals surface area contributed by atoms with Gasteiger partial charge in [0.05, 0.1) is 12.2 Å². The summed E-state index contributed by atoms with van der Waals surface area (Å²) in [6, 6.07) is 0. The zero-order valence-electron chi connectivity index (χ0n) is 4.05. The molecule has 0 unspecified atom stereocenters. The van der Waals surface area contributed by atoms with Crippen molar-refractivity contribution in [3.05, 3.63) is 22.2 Å². The number of hydrogen-bond acceptors (Lipinski definition) is 3. The molecule has 0 amide bonds. The van der Waals surface area contributed by atoms with Gasteiger partial charge in [0.2, 0.25) is 0 Å². The van der Waals surface area contributed by atoms with Gasteiger partial charge in [-0.2, -0.15) is 5.16 Å². The van der Waals surface area contributed by atoms with Gasteiger partial charge in [-0.1, -0.05) is 0 Å². The molecule has 0 aliphatic carbocycles. The zero-order valence-corrected chi connectivity index (χ0v) is 4.05. The number of aliphatic hydroxyl groups excluding tert-OH is 1. The van der Waals surface area contributed by atoms with Gasteiger partial charge in [-0.25, -0.2) is 0 Å². The molecular formula is C4H5NO3. The maximum Gasteiger partial charge on any atom is 0.285 e. The van der Waals surface area contributed by atoms with Crippen LogP contribution in [-0.4, -0.2) is 10.3 Å². The number of hydrogen-bond donors (Lipinski definition) is 2. The average molecular weight is 115 g/mol. The largest absolute Gasteiger partial charge is 0.391 e. The van der Waals surface area contributed by atoms with Gasteiger partial charge in [0.25, 0.3) is 5.56 Å². The maximum atomic E-state index is 10.3. The summed E-state index contributed by atoms with van der Waals surface area (Å²) in [4.78, 5) is 10.3. The zero-order chi connectivity index (χ0) is 5.98. The minimum atomic E-state index is -0.368. The first kappa shape index (κ1) is 5.11. The molecule has 1 rings (SSSR count). The Morgan fingerprint density at radius 1 is 1.88 bits per heavy atom. The summed E-state index contributed by atoms with van der Waals surface area (Å²) in [6.45, 7) is -0.272. The first-order valence-corrected chi connectivity index (χ1v) is 2.10.